The highest BCUT2D eigenvalue weighted by atomic mass is 127. The van der Waals surface area contributed by atoms with Crippen molar-refractivity contribution in [3.63, 3.8) is 0 Å². The van der Waals surface area contributed by atoms with Crippen LogP contribution in [-0.4, -0.2) is 75.3 Å². The minimum atomic E-state index is 0. The number of halogens is 1. The Bertz CT molecular complexity index is 629. The van der Waals surface area contributed by atoms with Crippen molar-refractivity contribution in [1.29, 1.82) is 0 Å². The minimum absolute atomic E-state index is 0. The largest absolute Gasteiger partial charge is 0.376 e. The van der Waals surface area contributed by atoms with Crippen molar-refractivity contribution in [2.24, 2.45) is 4.99 Å². The molecular formula is C21H34IN5O2. The van der Waals surface area contributed by atoms with E-state index < -0.39 is 0 Å². The third-order valence-corrected chi connectivity index (χ3v) is 5.21. The van der Waals surface area contributed by atoms with E-state index in [9.17, 15) is 4.79 Å². The van der Waals surface area contributed by atoms with Crippen LogP contribution in [0.5, 0.6) is 0 Å². The van der Waals surface area contributed by atoms with Crippen LogP contribution in [0.25, 0.3) is 0 Å². The number of amides is 1. The number of hydrogen-bond acceptors (Lipinski definition) is 4. The normalized spacial score (nSPS) is 19.6. The number of nitrogens with zero attached hydrogens (tertiary/aromatic N) is 3. The lowest BCUT2D eigenvalue weighted by Crippen LogP contribution is -2.49. The molecule has 1 unspecified atom stereocenters. The van der Waals surface area contributed by atoms with Crippen LogP contribution in [-0.2, 0) is 9.53 Å². The van der Waals surface area contributed by atoms with Crippen LogP contribution in [0.3, 0.4) is 0 Å². The summed E-state index contributed by atoms with van der Waals surface area (Å²) < 4.78 is 5.62. The standard InChI is InChI=1S/C21H33N5O2.HI/c1-2-22-21(24-17-19-9-6-16-28-19)23-11-10-20(27)26-14-12-25(13-15-26)18-7-4-3-5-8-18;/h3-5,7-8,19H,2,6,9-17H2,1H3,(H2,22,23,24);1H. The fourth-order valence-electron chi connectivity index (χ4n) is 3.62. The quantitative estimate of drug-likeness (QED) is 0.331. The molecule has 0 spiro atoms. The summed E-state index contributed by atoms with van der Waals surface area (Å²) in [5, 5.41) is 6.51. The van der Waals surface area contributed by atoms with Gasteiger partial charge in [-0.2, -0.15) is 0 Å². The van der Waals surface area contributed by atoms with Crippen LogP contribution in [0.15, 0.2) is 35.3 Å². The summed E-state index contributed by atoms with van der Waals surface area (Å²) in [7, 11) is 0. The van der Waals surface area contributed by atoms with Crippen molar-refractivity contribution in [3.05, 3.63) is 30.3 Å². The van der Waals surface area contributed by atoms with E-state index in [4.69, 9.17) is 4.74 Å². The number of rotatable bonds is 7. The number of para-hydroxylation sites is 1. The second-order valence-corrected chi connectivity index (χ2v) is 7.23. The average molecular weight is 515 g/mol. The van der Waals surface area contributed by atoms with Gasteiger partial charge in [0.25, 0.3) is 0 Å². The maximum Gasteiger partial charge on any atom is 0.224 e. The molecule has 1 amide bonds. The van der Waals surface area contributed by atoms with Crippen molar-refractivity contribution in [2.75, 3.05) is 57.3 Å². The van der Waals surface area contributed by atoms with Crippen molar-refractivity contribution in [1.82, 2.24) is 15.5 Å². The van der Waals surface area contributed by atoms with Crippen LogP contribution in [0.4, 0.5) is 5.69 Å². The highest BCUT2D eigenvalue weighted by Gasteiger charge is 2.21. The molecule has 0 aliphatic carbocycles. The maximum atomic E-state index is 12.5. The van der Waals surface area contributed by atoms with Crippen LogP contribution in [0, 0.1) is 0 Å². The Kier molecular flexibility index (Phi) is 10.5. The molecule has 2 fully saturated rings. The average Bonchev–Trinajstić information content (AvgIpc) is 3.26. The summed E-state index contributed by atoms with van der Waals surface area (Å²) in [4.78, 5) is 21.4. The highest BCUT2D eigenvalue weighted by Crippen LogP contribution is 2.15. The highest BCUT2D eigenvalue weighted by molar-refractivity contribution is 14.0. The van der Waals surface area contributed by atoms with E-state index in [1.54, 1.807) is 0 Å². The number of aliphatic imine (C=N–C) groups is 1. The molecule has 2 saturated heterocycles. The van der Waals surface area contributed by atoms with Gasteiger partial charge in [-0.25, -0.2) is 0 Å². The summed E-state index contributed by atoms with van der Waals surface area (Å²) >= 11 is 0. The fraction of sp³-hybridized carbons (Fsp3) is 0.619. The first-order valence-corrected chi connectivity index (χ1v) is 10.5. The van der Waals surface area contributed by atoms with Crippen LogP contribution in [0.2, 0.25) is 0 Å². The third-order valence-electron chi connectivity index (χ3n) is 5.21. The summed E-state index contributed by atoms with van der Waals surface area (Å²) in [6.07, 6.45) is 2.92. The zero-order chi connectivity index (χ0) is 19.6. The second kappa shape index (κ2) is 12.9. The van der Waals surface area contributed by atoms with Crippen molar-refractivity contribution >= 4 is 41.5 Å². The number of benzene rings is 1. The van der Waals surface area contributed by atoms with Crippen molar-refractivity contribution in [2.45, 2.75) is 32.3 Å². The van der Waals surface area contributed by atoms with E-state index in [1.807, 2.05) is 17.9 Å². The van der Waals surface area contributed by atoms with E-state index in [0.717, 1.165) is 58.1 Å². The number of ether oxygens (including phenoxy) is 1. The smallest absolute Gasteiger partial charge is 0.224 e. The molecule has 29 heavy (non-hydrogen) atoms. The van der Waals surface area contributed by atoms with Gasteiger partial charge in [-0.15, -0.1) is 24.0 Å². The van der Waals surface area contributed by atoms with Gasteiger partial charge in [-0.3, -0.25) is 9.79 Å². The fourth-order valence-corrected chi connectivity index (χ4v) is 3.62. The molecule has 1 aromatic rings. The molecule has 0 bridgehead atoms. The van der Waals surface area contributed by atoms with E-state index in [1.165, 1.54) is 5.69 Å². The van der Waals surface area contributed by atoms with Gasteiger partial charge in [-0.1, -0.05) is 18.2 Å². The summed E-state index contributed by atoms with van der Waals surface area (Å²) in [5.41, 5.74) is 1.23. The number of guanidine groups is 1. The molecule has 2 N–H and O–H groups in total. The van der Waals surface area contributed by atoms with E-state index in [0.29, 0.717) is 19.5 Å². The van der Waals surface area contributed by atoms with Gasteiger partial charge in [0.05, 0.1) is 12.6 Å². The van der Waals surface area contributed by atoms with Crippen molar-refractivity contribution in [3.8, 4) is 0 Å². The summed E-state index contributed by atoms with van der Waals surface area (Å²) in [5.74, 6) is 0.967. The van der Waals surface area contributed by atoms with Crippen LogP contribution < -0.4 is 15.5 Å². The molecule has 0 radical (unpaired) electrons. The van der Waals surface area contributed by atoms with Gasteiger partial charge in [0.2, 0.25) is 5.91 Å². The molecule has 0 saturated carbocycles. The summed E-state index contributed by atoms with van der Waals surface area (Å²) in [6.45, 7) is 8.27. The third kappa shape index (κ3) is 7.65. The van der Waals surface area contributed by atoms with Gasteiger partial charge >= 0.3 is 0 Å². The van der Waals surface area contributed by atoms with Gasteiger partial charge in [0.1, 0.15) is 0 Å². The van der Waals surface area contributed by atoms with Crippen LogP contribution >= 0.6 is 24.0 Å². The molecule has 3 rings (SSSR count). The van der Waals surface area contributed by atoms with E-state index in [-0.39, 0.29) is 36.0 Å². The van der Waals surface area contributed by atoms with E-state index in [2.05, 4.69) is 44.8 Å². The molecule has 0 aromatic heterocycles. The van der Waals surface area contributed by atoms with Crippen LogP contribution in [0.1, 0.15) is 26.2 Å². The number of piperazine rings is 1. The molecule has 2 aliphatic rings. The van der Waals surface area contributed by atoms with E-state index >= 15 is 0 Å². The molecule has 7 nitrogen and oxygen atoms in total. The molecule has 1 aromatic carbocycles. The first-order chi connectivity index (χ1) is 13.8. The molecule has 162 valence electrons. The molecule has 2 heterocycles. The monoisotopic (exact) mass is 515 g/mol. The Hall–Kier alpha value is -1.55. The molecule has 8 heteroatoms. The zero-order valence-electron chi connectivity index (χ0n) is 17.3. The Balaban J connectivity index is 0.00000300. The predicted molar refractivity (Wildman–Crippen MR) is 128 cm³/mol. The lowest BCUT2D eigenvalue weighted by molar-refractivity contribution is -0.131. The lowest BCUT2D eigenvalue weighted by atomic mass is 10.2. The first-order valence-electron chi connectivity index (χ1n) is 10.5. The summed E-state index contributed by atoms with van der Waals surface area (Å²) in [6, 6.07) is 10.4. The second-order valence-electron chi connectivity index (χ2n) is 7.23. The number of carbonyl (C=O) groups is 1. The van der Waals surface area contributed by atoms with Gasteiger partial charge in [0.15, 0.2) is 5.96 Å². The predicted octanol–water partition coefficient (Wildman–Crippen LogP) is 2.08. The lowest BCUT2D eigenvalue weighted by Gasteiger charge is -2.36. The van der Waals surface area contributed by atoms with Gasteiger partial charge in [0, 0.05) is 58.0 Å². The number of carbonyl (C=O) groups excluding carboxylic acids is 1. The molecular weight excluding hydrogens is 481 g/mol. The number of nitrogens with one attached hydrogen (secondary N) is 2. The van der Waals surface area contributed by atoms with Gasteiger partial charge < -0.3 is 25.2 Å². The Morgan fingerprint density at radius 1 is 1.17 bits per heavy atom. The SMILES string of the molecule is CCNC(=NCC1CCCO1)NCCC(=O)N1CCN(c2ccccc2)CC1.I. The Morgan fingerprint density at radius 3 is 2.59 bits per heavy atom. The Labute approximate surface area is 191 Å². The molecule has 1 atom stereocenters. The van der Waals surface area contributed by atoms with Crippen molar-refractivity contribution < 1.29 is 9.53 Å². The minimum Gasteiger partial charge on any atom is -0.376 e. The Morgan fingerprint density at radius 2 is 1.93 bits per heavy atom. The molecule has 2 aliphatic heterocycles. The topological polar surface area (TPSA) is 69.2 Å². The van der Waals surface area contributed by atoms with Gasteiger partial charge in [-0.05, 0) is 31.9 Å². The number of anilines is 1. The zero-order valence-corrected chi connectivity index (χ0v) is 19.6. The first kappa shape index (κ1) is 23.7. The number of hydrogen-bond donors (Lipinski definition) is 2. The maximum absolute atomic E-state index is 12.5.